The lowest BCUT2D eigenvalue weighted by atomic mass is 10.1. The van der Waals surface area contributed by atoms with E-state index in [2.05, 4.69) is 23.1 Å². The number of thiocarbonyl (C=S) groups is 1. The third-order valence-corrected chi connectivity index (χ3v) is 3.92. The van der Waals surface area contributed by atoms with Crippen LogP contribution in [0.15, 0.2) is 48.5 Å². The standard InChI is InChI=1S/C20H23N3O3S/c1-3-4-13-26-17-8-6-5-7-16(17)19(25)21-20(27)23-22-18(24)15-11-9-14(2)10-12-15/h5-12H,3-4,13H2,1-2H3,(H,22,24)(H2,21,23,25,27). The fourth-order valence-corrected chi connectivity index (χ4v) is 2.34. The van der Waals surface area contributed by atoms with Crippen molar-refractivity contribution in [1.82, 2.24) is 16.2 Å². The molecule has 2 aromatic rings. The van der Waals surface area contributed by atoms with Gasteiger partial charge < -0.3 is 4.74 Å². The van der Waals surface area contributed by atoms with Crippen LogP contribution in [0, 0.1) is 6.92 Å². The van der Waals surface area contributed by atoms with Crippen molar-refractivity contribution in [2.24, 2.45) is 0 Å². The summed E-state index contributed by atoms with van der Waals surface area (Å²) < 4.78 is 5.65. The van der Waals surface area contributed by atoms with Crippen molar-refractivity contribution < 1.29 is 14.3 Å². The van der Waals surface area contributed by atoms with Crippen LogP contribution in [-0.2, 0) is 0 Å². The monoisotopic (exact) mass is 385 g/mol. The maximum Gasteiger partial charge on any atom is 0.269 e. The number of carbonyl (C=O) groups excluding carboxylic acids is 2. The summed E-state index contributed by atoms with van der Waals surface area (Å²) in [6, 6.07) is 14.0. The van der Waals surface area contributed by atoms with E-state index in [9.17, 15) is 9.59 Å². The second-order valence-electron chi connectivity index (χ2n) is 5.93. The lowest BCUT2D eigenvalue weighted by Gasteiger charge is -2.13. The molecule has 0 spiro atoms. The number of amides is 2. The Balaban J connectivity index is 1.89. The van der Waals surface area contributed by atoms with E-state index >= 15 is 0 Å². The van der Waals surface area contributed by atoms with Gasteiger partial charge in [0, 0.05) is 5.56 Å². The minimum atomic E-state index is -0.413. The van der Waals surface area contributed by atoms with Gasteiger partial charge in [-0.25, -0.2) is 0 Å². The summed E-state index contributed by atoms with van der Waals surface area (Å²) in [5, 5.41) is 2.52. The molecule has 0 heterocycles. The molecular weight excluding hydrogens is 362 g/mol. The number of benzene rings is 2. The van der Waals surface area contributed by atoms with Gasteiger partial charge in [-0.05, 0) is 49.8 Å². The van der Waals surface area contributed by atoms with Gasteiger partial charge in [0.1, 0.15) is 5.75 Å². The molecule has 142 valence electrons. The Morgan fingerprint density at radius 2 is 1.70 bits per heavy atom. The van der Waals surface area contributed by atoms with E-state index in [1.807, 2.05) is 19.1 Å². The first-order valence-corrected chi connectivity index (χ1v) is 9.12. The molecule has 0 saturated heterocycles. The number of hydrogen-bond acceptors (Lipinski definition) is 4. The van der Waals surface area contributed by atoms with Gasteiger partial charge in [-0.15, -0.1) is 0 Å². The highest BCUT2D eigenvalue weighted by atomic mass is 32.1. The highest BCUT2D eigenvalue weighted by Crippen LogP contribution is 2.18. The molecular formula is C20H23N3O3S. The summed E-state index contributed by atoms with van der Waals surface area (Å²) in [6.07, 6.45) is 1.91. The highest BCUT2D eigenvalue weighted by molar-refractivity contribution is 7.80. The van der Waals surface area contributed by atoms with Gasteiger partial charge in [0.25, 0.3) is 11.8 Å². The molecule has 0 saturated carbocycles. The Morgan fingerprint density at radius 3 is 2.41 bits per heavy atom. The molecule has 0 fully saturated rings. The third kappa shape index (κ3) is 6.38. The summed E-state index contributed by atoms with van der Waals surface area (Å²) in [5.41, 5.74) is 6.90. The van der Waals surface area contributed by atoms with Crippen LogP contribution < -0.4 is 20.9 Å². The normalized spacial score (nSPS) is 10.0. The number of ether oxygens (including phenoxy) is 1. The Morgan fingerprint density at radius 1 is 1.00 bits per heavy atom. The van der Waals surface area contributed by atoms with Crippen LogP contribution >= 0.6 is 12.2 Å². The van der Waals surface area contributed by atoms with Gasteiger partial charge in [0.2, 0.25) is 0 Å². The smallest absolute Gasteiger partial charge is 0.269 e. The van der Waals surface area contributed by atoms with Crippen LogP contribution in [0.4, 0.5) is 0 Å². The molecule has 0 aliphatic rings. The SMILES string of the molecule is CCCCOc1ccccc1C(=O)NC(=S)NNC(=O)c1ccc(C)cc1. The Labute approximate surface area is 164 Å². The molecule has 0 unspecified atom stereocenters. The quantitative estimate of drug-likeness (QED) is 0.404. The van der Waals surface area contributed by atoms with E-state index in [0.29, 0.717) is 23.5 Å². The number of unbranched alkanes of at least 4 members (excludes halogenated alkanes) is 1. The van der Waals surface area contributed by atoms with Crippen molar-refractivity contribution in [2.45, 2.75) is 26.7 Å². The third-order valence-electron chi connectivity index (χ3n) is 3.72. The first-order valence-electron chi connectivity index (χ1n) is 8.71. The fourth-order valence-electron chi connectivity index (χ4n) is 2.20. The molecule has 0 atom stereocenters. The molecule has 0 aromatic heterocycles. The van der Waals surface area contributed by atoms with E-state index in [1.54, 1.807) is 36.4 Å². The zero-order valence-corrected chi connectivity index (χ0v) is 16.2. The summed E-state index contributed by atoms with van der Waals surface area (Å²) in [5.74, 6) is -0.269. The van der Waals surface area contributed by atoms with Crippen molar-refractivity contribution in [3.63, 3.8) is 0 Å². The van der Waals surface area contributed by atoms with Gasteiger partial charge in [-0.3, -0.25) is 25.8 Å². The van der Waals surface area contributed by atoms with Crippen LogP contribution in [0.2, 0.25) is 0 Å². The van der Waals surface area contributed by atoms with Crippen molar-refractivity contribution in [3.05, 3.63) is 65.2 Å². The number of aryl methyl sites for hydroxylation is 1. The molecule has 0 bridgehead atoms. The molecule has 3 N–H and O–H groups in total. The number of para-hydroxylation sites is 1. The maximum atomic E-state index is 12.4. The van der Waals surface area contributed by atoms with Gasteiger partial charge >= 0.3 is 0 Å². The molecule has 7 heteroatoms. The maximum absolute atomic E-state index is 12.4. The first kappa shape index (κ1) is 20.4. The minimum absolute atomic E-state index is 0.0103. The first-order chi connectivity index (χ1) is 13.0. The zero-order chi connectivity index (χ0) is 19.6. The Kier molecular flexibility index (Phi) is 7.76. The van der Waals surface area contributed by atoms with Crippen molar-refractivity contribution in [1.29, 1.82) is 0 Å². The molecule has 0 aliphatic heterocycles. The van der Waals surface area contributed by atoms with Crippen LogP contribution in [-0.4, -0.2) is 23.5 Å². The summed E-state index contributed by atoms with van der Waals surface area (Å²) in [4.78, 5) is 24.5. The molecule has 2 rings (SSSR count). The lowest BCUT2D eigenvalue weighted by Crippen LogP contribution is -2.48. The predicted octanol–water partition coefficient (Wildman–Crippen LogP) is 3.12. The van der Waals surface area contributed by atoms with Gasteiger partial charge in [-0.1, -0.05) is 43.2 Å². The largest absolute Gasteiger partial charge is 0.493 e. The Hall–Kier alpha value is -2.93. The van der Waals surface area contributed by atoms with E-state index in [4.69, 9.17) is 17.0 Å². The van der Waals surface area contributed by atoms with Gasteiger partial charge in [-0.2, -0.15) is 0 Å². The molecule has 0 aliphatic carbocycles. The number of nitrogens with one attached hydrogen (secondary N) is 3. The van der Waals surface area contributed by atoms with E-state index < -0.39 is 5.91 Å². The van der Waals surface area contributed by atoms with E-state index in [0.717, 1.165) is 18.4 Å². The minimum Gasteiger partial charge on any atom is -0.493 e. The molecule has 2 amide bonds. The van der Waals surface area contributed by atoms with Crippen molar-refractivity contribution in [3.8, 4) is 5.75 Å². The number of carbonyl (C=O) groups is 2. The number of hydrogen-bond donors (Lipinski definition) is 3. The van der Waals surface area contributed by atoms with Crippen LogP contribution in [0.5, 0.6) is 5.75 Å². The summed E-state index contributed by atoms with van der Waals surface area (Å²) >= 11 is 5.07. The average molecular weight is 385 g/mol. The van der Waals surface area contributed by atoms with Crippen LogP contribution in [0.1, 0.15) is 46.0 Å². The van der Waals surface area contributed by atoms with E-state index in [1.165, 1.54) is 0 Å². The second-order valence-corrected chi connectivity index (χ2v) is 6.33. The fraction of sp³-hybridized carbons (Fsp3) is 0.250. The van der Waals surface area contributed by atoms with Crippen molar-refractivity contribution >= 4 is 29.1 Å². The van der Waals surface area contributed by atoms with E-state index in [-0.39, 0.29) is 11.0 Å². The average Bonchev–Trinajstić information content (AvgIpc) is 2.67. The van der Waals surface area contributed by atoms with Crippen LogP contribution in [0.3, 0.4) is 0 Å². The lowest BCUT2D eigenvalue weighted by molar-refractivity contribution is 0.0933. The topological polar surface area (TPSA) is 79.5 Å². The highest BCUT2D eigenvalue weighted by Gasteiger charge is 2.14. The molecule has 6 nitrogen and oxygen atoms in total. The molecule has 0 radical (unpaired) electrons. The molecule has 27 heavy (non-hydrogen) atoms. The van der Waals surface area contributed by atoms with Gasteiger partial charge in [0.05, 0.1) is 12.2 Å². The Bertz CT molecular complexity index is 806. The predicted molar refractivity (Wildman–Crippen MR) is 109 cm³/mol. The second kappa shape index (κ2) is 10.3. The summed E-state index contributed by atoms with van der Waals surface area (Å²) in [7, 11) is 0. The molecule has 2 aromatic carbocycles. The zero-order valence-electron chi connectivity index (χ0n) is 15.4. The van der Waals surface area contributed by atoms with Crippen LogP contribution in [0.25, 0.3) is 0 Å². The number of rotatable bonds is 6. The van der Waals surface area contributed by atoms with Gasteiger partial charge in [0.15, 0.2) is 5.11 Å². The summed E-state index contributed by atoms with van der Waals surface area (Å²) in [6.45, 7) is 4.54. The number of hydrazine groups is 1. The van der Waals surface area contributed by atoms with Crippen molar-refractivity contribution in [2.75, 3.05) is 6.61 Å².